The van der Waals surface area contributed by atoms with E-state index in [0.29, 0.717) is 12.0 Å². The summed E-state index contributed by atoms with van der Waals surface area (Å²) in [7, 11) is 1.75. The highest BCUT2D eigenvalue weighted by molar-refractivity contribution is 9.10. The van der Waals surface area contributed by atoms with E-state index >= 15 is 0 Å². The smallest absolute Gasteiger partial charge is 0.0618 e. The SMILES string of the molecule is COCC(NCc1sccc1Br)C(C)C. The number of methoxy groups -OCH3 is 1. The topological polar surface area (TPSA) is 21.3 Å². The Balaban J connectivity index is 2.43. The van der Waals surface area contributed by atoms with Gasteiger partial charge in [-0.05, 0) is 33.3 Å². The lowest BCUT2D eigenvalue weighted by Gasteiger charge is -2.21. The van der Waals surface area contributed by atoms with E-state index in [1.165, 1.54) is 9.35 Å². The van der Waals surface area contributed by atoms with Crippen LogP contribution < -0.4 is 5.32 Å². The summed E-state index contributed by atoms with van der Waals surface area (Å²) in [4.78, 5) is 1.34. The van der Waals surface area contributed by atoms with Gasteiger partial charge in [-0.15, -0.1) is 11.3 Å². The molecule has 1 aromatic rings. The molecule has 0 aromatic carbocycles. The first-order chi connectivity index (χ1) is 7.15. The van der Waals surface area contributed by atoms with Crippen molar-refractivity contribution < 1.29 is 4.74 Å². The Morgan fingerprint density at radius 1 is 1.53 bits per heavy atom. The lowest BCUT2D eigenvalue weighted by atomic mass is 10.1. The predicted molar refractivity (Wildman–Crippen MR) is 69.4 cm³/mol. The Morgan fingerprint density at radius 3 is 2.73 bits per heavy atom. The van der Waals surface area contributed by atoms with Gasteiger partial charge in [-0.25, -0.2) is 0 Å². The van der Waals surface area contributed by atoms with Crippen molar-refractivity contribution in [1.29, 1.82) is 0 Å². The van der Waals surface area contributed by atoms with Crippen LogP contribution in [0.1, 0.15) is 18.7 Å². The molecule has 0 aliphatic carbocycles. The van der Waals surface area contributed by atoms with E-state index < -0.39 is 0 Å². The number of rotatable bonds is 6. The van der Waals surface area contributed by atoms with Crippen LogP contribution in [0.5, 0.6) is 0 Å². The molecule has 0 aliphatic heterocycles. The van der Waals surface area contributed by atoms with E-state index in [0.717, 1.165) is 13.2 Å². The van der Waals surface area contributed by atoms with Crippen LogP contribution in [0.15, 0.2) is 15.9 Å². The molecular formula is C11H18BrNOS. The fourth-order valence-corrected chi connectivity index (χ4v) is 2.79. The van der Waals surface area contributed by atoms with Crippen LogP contribution in [0, 0.1) is 5.92 Å². The Kier molecular flexibility index (Phi) is 5.82. The molecule has 0 spiro atoms. The normalized spacial score (nSPS) is 13.4. The molecule has 1 N–H and O–H groups in total. The molecule has 15 heavy (non-hydrogen) atoms. The first-order valence-corrected chi connectivity index (χ1v) is 6.76. The second-order valence-corrected chi connectivity index (χ2v) is 5.73. The average Bonchev–Trinajstić information content (AvgIpc) is 2.58. The maximum absolute atomic E-state index is 5.19. The van der Waals surface area contributed by atoms with Crippen LogP contribution in [-0.4, -0.2) is 19.8 Å². The summed E-state index contributed by atoms with van der Waals surface area (Å²) in [5.74, 6) is 0.587. The van der Waals surface area contributed by atoms with Gasteiger partial charge in [0.05, 0.1) is 6.61 Å². The maximum atomic E-state index is 5.19. The van der Waals surface area contributed by atoms with E-state index in [4.69, 9.17) is 4.74 Å². The summed E-state index contributed by atoms with van der Waals surface area (Å²) >= 11 is 5.30. The molecule has 0 aliphatic rings. The van der Waals surface area contributed by atoms with E-state index in [1.54, 1.807) is 18.4 Å². The molecule has 86 valence electrons. The summed E-state index contributed by atoms with van der Waals surface area (Å²) in [6.45, 7) is 6.09. The summed E-state index contributed by atoms with van der Waals surface area (Å²) in [6.07, 6.45) is 0. The maximum Gasteiger partial charge on any atom is 0.0618 e. The van der Waals surface area contributed by atoms with Gasteiger partial charge in [-0.2, -0.15) is 0 Å². The zero-order valence-electron chi connectivity index (χ0n) is 9.42. The molecule has 1 aromatic heterocycles. The van der Waals surface area contributed by atoms with Crippen LogP contribution in [-0.2, 0) is 11.3 Å². The van der Waals surface area contributed by atoms with Crippen LogP contribution in [0.3, 0.4) is 0 Å². The summed E-state index contributed by atoms with van der Waals surface area (Å²) in [5, 5.41) is 5.62. The first-order valence-electron chi connectivity index (χ1n) is 5.09. The van der Waals surface area contributed by atoms with Crippen molar-refractivity contribution >= 4 is 27.3 Å². The fourth-order valence-electron chi connectivity index (χ4n) is 1.34. The third-order valence-corrected chi connectivity index (χ3v) is 4.29. The Labute approximate surface area is 104 Å². The van der Waals surface area contributed by atoms with Crippen molar-refractivity contribution in [1.82, 2.24) is 5.32 Å². The third-order valence-electron chi connectivity index (χ3n) is 2.37. The van der Waals surface area contributed by atoms with Gasteiger partial charge in [-0.1, -0.05) is 13.8 Å². The van der Waals surface area contributed by atoms with Gasteiger partial charge >= 0.3 is 0 Å². The van der Waals surface area contributed by atoms with Gasteiger partial charge in [0.2, 0.25) is 0 Å². The second kappa shape index (κ2) is 6.63. The molecule has 0 bridgehead atoms. The van der Waals surface area contributed by atoms with Crippen molar-refractivity contribution in [3.05, 3.63) is 20.8 Å². The Hall–Kier alpha value is 0.100. The predicted octanol–water partition coefficient (Wildman–Crippen LogP) is 3.27. The van der Waals surface area contributed by atoms with E-state index in [9.17, 15) is 0 Å². The minimum absolute atomic E-state index is 0.420. The molecule has 0 saturated carbocycles. The average molecular weight is 292 g/mol. The number of halogens is 1. The van der Waals surface area contributed by atoms with Crippen LogP contribution >= 0.6 is 27.3 Å². The standard InChI is InChI=1S/C11H18BrNOS/c1-8(2)10(7-14-3)13-6-11-9(12)4-5-15-11/h4-5,8,10,13H,6-7H2,1-3H3. The minimum Gasteiger partial charge on any atom is -0.383 e. The van der Waals surface area contributed by atoms with Gasteiger partial charge in [0.25, 0.3) is 0 Å². The lowest BCUT2D eigenvalue weighted by Crippen LogP contribution is -2.37. The summed E-state index contributed by atoms with van der Waals surface area (Å²) < 4.78 is 6.39. The van der Waals surface area contributed by atoms with Crippen molar-refractivity contribution in [2.75, 3.05) is 13.7 Å². The molecule has 4 heteroatoms. The number of thiophene rings is 1. The van der Waals surface area contributed by atoms with Crippen molar-refractivity contribution in [2.45, 2.75) is 26.4 Å². The van der Waals surface area contributed by atoms with E-state index in [1.807, 2.05) is 0 Å². The molecule has 1 atom stereocenters. The Morgan fingerprint density at radius 2 is 2.27 bits per heavy atom. The van der Waals surface area contributed by atoms with Crippen molar-refractivity contribution in [3.8, 4) is 0 Å². The number of nitrogens with one attached hydrogen (secondary N) is 1. The number of ether oxygens (including phenoxy) is 1. The molecular weight excluding hydrogens is 274 g/mol. The highest BCUT2D eigenvalue weighted by Gasteiger charge is 2.13. The highest BCUT2D eigenvalue weighted by Crippen LogP contribution is 2.22. The zero-order chi connectivity index (χ0) is 11.3. The summed E-state index contributed by atoms with van der Waals surface area (Å²) in [6, 6.07) is 2.51. The largest absolute Gasteiger partial charge is 0.383 e. The van der Waals surface area contributed by atoms with Gasteiger partial charge in [-0.3, -0.25) is 0 Å². The molecule has 2 nitrogen and oxygen atoms in total. The molecule has 1 heterocycles. The zero-order valence-corrected chi connectivity index (χ0v) is 11.8. The molecule has 1 unspecified atom stereocenters. The van der Waals surface area contributed by atoms with Crippen LogP contribution in [0.2, 0.25) is 0 Å². The van der Waals surface area contributed by atoms with E-state index in [-0.39, 0.29) is 0 Å². The van der Waals surface area contributed by atoms with Crippen molar-refractivity contribution in [2.24, 2.45) is 5.92 Å². The second-order valence-electron chi connectivity index (χ2n) is 3.88. The van der Waals surface area contributed by atoms with Gasteiger partial charge in [0, 0.05) is 29.0 Å². The van der Waals surface area contributed by atoms with Crippen molar-refractivity contribution in [3.63, 3.8) is 0 Å². The fraction of sp³-hybridized carbons (Fsp3) is 0.636. The number of hydrogen-bond donors (Lipinski definition) is 1. The van der Waals surface area contributed by atoms with Gasteiger partial charge in [0.15, 0.2) is 0 Å². The summed E-state index contributed by atoms with van der Waals surface area (Å²) in [5.41, 5.74) is 0. The quantitative estimate of drug-likeness (QED) is 0.869. The third kappa shape index (κ3) is 4.23. The number of hydrogen-bond acceptors (Lipinski definition) is 3. The molecule has 0 saturated heterocycles. The first kappa shape index (κ1) is 13.2. The highest BCUT2D eigenvalue weighted by atomic mass is 79.9. The lowest BCUT2D eigenvalue weighted by molar-refractivity contribution is 0.146. The molecule has 1 rings (SSSR count). The molecule has 0 radical (unpaired) electrons. The van der Waals surface area contributed by atoms with Gasteiger partial charge < -0.3 is 10.1 Å². The van der Waals surface area contributed by atoms with Crippen LogP contribution in [0.4, 0.5) is 0 Å². The van der Waals surface area contributed by atoms with Crippen LogP contribution in [0.25, 0.3) is 0 Å². The van der Waals surface area contributed by atoms with Gasteiger partial charge in [0.1, 0.15) is 0 Å². The molecule has 0 fully saturated rings. The minimum atomic E-state index is 0.420. The molecule has 0 amide bonds. The van der Waals surface area contributed by atoms with E-state index in [2.05, 4.69) is 46.5 Å². The Bertz CT molecular complexity index is 288. The monoisotopic (exact) mass is 291 g/mol.